The highest BCUT2D eigenvalue weighted by molar-refractivity contribution is 5.98. The number of nitro benzene ring substituents is 1. The van der Waals surface area contributed by atoms with Crippen LogP contribution in [-0.2, 0) is 31.9 Å². The number of hydrogen-bond acceptors (Lipinski definition) is 7. The predicted octanol–water partition coefficient (Wildman–Crippen LogP) is 6.62. The van der Waals surface area contributed by atoms with Crippen LogP contribution in [0, 0.1) is 15.9 Å². The van der Waals surface area contributed by atoms with Gasteiger partial charge in [-0.05, 0) is 53.3 Å². The Hall–Kier alpha value is -5.58. The number of hydrogen-bond donors (Lipinski definition) is 1. The number of rotatable bonds is 11. The summed E-state index contributed by atoms with van der Waals surface area (Å²) in [5.41, 5.74) is 4.04. The Morgan fingerprint density at radius 2 is 1.57 bits per heavy atom. The average Bonchev–Trinajstić information content (AvgIpc) is 3.38. The van der Waals surface area contributed by atoms with Crippen LogP contribution in [0.3, 0.4) is 0 Å². The van der Waals surface area contributed by atoms with Crippen molar-refractivity contribution in [2.24, 2.45) is 0 Å². The third kappa shape index (κ3) is 6.58. The molecule has 1 N–H and O–H groups in total. The van der Waals surface area contributed by atoms with Gasteiger partial charge in [-0.2, -0.15) is 0 Å². The molecule has 1 atom stereocenters. The number of benzene rings is 4. The Labute approximate surface area is 264 Å². The number of carbonyl (C=O) groups is 3. The van der Waals surface area contributed by atoms with E-state index in [4.69, 9.17) is 9.47 Å². The summed E-state index contributed by atoms with van der Waals surface area (Å²) in [6.07, 6.45) is -0.959. The molecule has 0 fully saturated rings. The Bertz CT molecular complexity index is 1730. The Morgan fingerprint density at radius 1 is 0.935 bits per heavy atom. The van der Waals surface area contributed by atoms with Crippen molar-refractivity contribution in [1.29, 1.82) is 0 Å². The zero-order valence-corrected chi connectivity index (χ0v) is 25.3. The van der Waals surface area contributed by atoms with Crippen LogP contribution in [0.25, 0.3) is 11.1 Å². The molecule has 2 amide bonds. The van der Waals surface area contributed by atoms with Crippen molar-refractivity contribution in [3.05, 3.63) is 129 Å². The second-order valence-corrected chi connectivity index (χ2v) is 10.7. The molecule has 0 unspecified atom stereocenters. The molecular formula is C35H32FN3O7. The number of halogens is 1. The van der Waals surface area contributed by atoms with Crippen LogP contribution in [0.1, 0.15) is 41.6 Å². The van der Waals surface area contributed by atoms with Crippen molar-refractivity contribution in [3.63, 3.8) is 0 Å². The maximum absolute atomic E-state index is 15.1. The van der Waals surface area contributed by atoms with Crippen LogP contribution in [0.15, 0.2) is 91.0 Å². The van der Waals surface area contributed by atoms with Gasteiger partial charge in [0, 0.05) is 36.2 Å². The third-order valence-electron chi connectivity index (χ3n) is 7.94. The lowest BCUT2D eigenvalue weighted by Gasteiger charge is -2.35. The van der Waals surface area contributed by atoms with Gasteiger partial charge in [-0.15, -0.1) is 0 Å². The summed E-state index contributed by atoms with van der Waals surface area (Å²) >= 11 is 0. The van der Waals surface area contributed by atoms with Gasteiger partial charge in [-0.25, -0.2) is 9.18 Å². The minimum atomic E-state index is -1.22. The molecule has 1 aliphatic carbocycles. The number of nitrogens with zero attached hydrogens (tertiary/aromatic N) is 2. The molecule has 236 valence electrons. The Kier molecular flexibility index (Phi) is 9.70. The van der Waals surface area contributed by atoms with E-state index in [1.807, 2.05) is 48.5 Å². The molecule has 11 heteroatoms. The van der Waals surface area contributed by atoms with E-state index in [1.54, 1.807) is 6.92 Å². The highest BCUT2D eigenvalue weighted by Crippen LogP contribution is 2.47. The van der Waals surface area contributed by atoms with Gasteiger partial charge in [0.2, 0.25) is 5.91 Å². The minimum absolute atomic E-state index is 0.0295. The number of non-ortho nitro benzene ring substituents is 1. The summed E-state index contributed by atoms with van der Waals surface area (Å²) in [4.78, 5) is 52.3. The maximum atomic E-state index is 15.1. The zero-order valence-electron chi connectivity index (χ0n) is 25.3. The van der Waals surface area contributed by atoms with Crippen LogP contribution >= 0.6 is 0 Å². The smallest absolute Gasteiger partial charge is 0.410 e. The predicted molar refractivity (Wildman–Crippen MR) is 169 cm³/mol. The minimum Gasteiger partial charge on any atom is -0.466 e. The van der Waals surface area contributed by atoms with Crippen molar-refractivity contribution in [2.45, 2.75) is 38.3 Å². The summed E-state index contributed by atoms with van der Waals surface area (Å²) in [5, 5.41) is 14.1. The first-order valence-electron chi connectivity index (χ1n) is 14.7. The fourth-order valence-corrected chi connectivity index (χ4v) is 5.85. The number of anilines is 1. The number of ether oxygens (including phenoxy) is 2. The molecule has 4 aromatic carbocycles. The molecule has 0 saturated heterocycles. The highest BCUT2D eigenvalue weighted by Gasteiger charge is 2.42. The van der Waals surface area contributed by atoms with Crippen LogP contribution in [0.4, 0.5) is 20.6 Å². The van der Waals surface area contributed by atoms with Crippen molar-refractivity contribution >= 4 is 29.3 Å². The van der Waals surface area contributed by atoms with E-state index < -0.39 is 40.8 Å². The number of amides is 2. The summed E-state index contributed by atoms with van der Waals surface area (Å²) in [6.45, 7) is 1.85. The molecule has 0 spiro atoms. The Morgan fingerprint density at radius 3 is 2.15 bits per heavy atom. The topological polar surface area (TPSA) is 128 Å². The van der Waals surface area contributed by atoms with Crippen LogP contribution in [0.5, 0.6) is 0 Å². The van der Waals surface area contributed by atoms with Crippen molar-refractivity contribution in [2.75, 3.05) is 19.0 Å². The number of nitro groups is 1. The van der Waals surface area contributed by atoms with E-state index in [0.717, 1.165) is 22.3 Å². The SMILES string of the molecule is CCOC(=O)CCc1c(F)cccc1NC(=O)[C@H](Cc1ccc([N+](=O)[O-])cc1)N(C(=O)OC)C1c2ccccc2-c2ccccc21. The van der Waals surface area contributed by atoms with Gasteiger partial charge >= 0.3 is 12.1 Å². The molecule has 46 heavy (non-hydrogen) atoms. The lowest BCUT2D eigenvalue weighted by molar-refractivity contribution is -0.384. The number of fused-ring (bicyclic) bond motifs is 3. The van der Waals surface area contributed by atoms with Gasteiger partial charge in [0.25, 0.3) is 5.69 Å². The van der Waals surface area contributed by atoms with Crippen LogP contribution < -0.4 is 5.32 Å². The van der Waals surface area contributed by atoms with E-state index in [2.05, 4.69) is 5.32 Å². The maximum Gasteiger partial charge on any atom is 0.410 e. The number of esters is 1. The lowest BCUT2D eigenvalue weighted by atomic mass is 9.97. The fraction of sp³-hybridized carbons (Fsp3) is 0.229. The molecule has 0 saturated carbocycles. The molecule has 4 aromatic rings. The van der Waals surface area contributed by atoms with Gasteiger partial charge in [0.15, 0.2) is 0 Å². The van der Waals surface area contributed by atoms with E-state index in [1.165, 1.54) is 54.5 Å². The van der Waals surface area contributed by atoms with Crippen LogP contribution in [0.2, 0.25) is 0 Å². The molecule has 0 heterocycles. The number of nitrogens with one attached hydrogen (secondary N) is 1. The van der Waals surface area contributed by atoms with E-state index in [9.17, 15) is 24.5 Å². The highest BCUT2D eigenvalue weighted by atomic mass is 19.1. The quantitative estimate of drug-likeness (QED) is 0.113. The molecule has 10 nitrogen and oxygen atoms in total. The average molecular weight is 626 g/mol. The summed E-state index contributed by atoms with van der Waals surface area (Å²) in [7, 11) is 1.23. The van der Waals surface area contributed by atoms with Crippen molar-refractivity contribution < 1.29 is 33.2 Å². The molecule has 0 aromatic heterocycles. The molecule has 1 aliphatic rings. The summed E-state index contributed by atoms with van der Waals surface area (Å²) < 4.78 is 25.3. The van der Waals surface area contributed by atoms with E-state index >= 15 is 4.39 Å². The van der Waals surface area contributed by atoms with Gasteiger partial charge < -0.3 is 14.8 Å². The molecule has 0 radical (unpaired) electrons. The molecular weight excluding hydrogens is 593 g/mol. The second-order valence-electron chi connectivity index (χ2n) is 10.7. The second kappa shape index (κ2) is 14.0. The van der Waals surface area contributed by atoms with Gasteiger partial charge in [0.1, 0.15) is 11.9 Å². The van der Waals surface area contributed by atoms with Gasteiger partial charge in [0.05, 0.1) is 24.7 Å². The van der Waals surface area contributed by atoms with Crippen molar-refractivity contribution in [1.82, 2.24) is 4.90 Å². The number of methoxy groups -OCH3 is 1. The molecule has 0 bridgehead atoms. The first-order valence-corrected chi connectivity index (χ1v) is 14.7. The lowest BCUT2D eigenvalue weighted by Crippen LogP contribution is -2.50. The van der Waals surface area contributed by atoms with Gasteiger partial charge in [-0.1, -0.05) is 66.7 Å². The summed E-state index contributed by atoms with van der Waals surface area (Å²) in [5.74, 6) is -1.76. The van der Waals surface area contributed by atoms with E-state index in [-0.39, 0.29) is 42.8 Å². The third-order valence-corrected chi connectivity index (χ3v) is 7.94. The van der Waals surface area contributed by atoms with Gasteiger partial charge in [-0.3, -0.25) is 24.6 Å². The standard InChI is InChI=1S/C35H32FN3O7/c1-3-46-32(40)20-19-28-29(36)13-8-14-30(28)37-34(41)31(21-22-15-17-23(18-16-22)39(43)44)38(35(42)45-2)33-26-11-6-4-9-24(26)25-10-5-7-12-27(25)33/h4-18,31,33H,3,19-21H2,1-2H3,(H,37,41)/t31-/m0/s1. The molecule has 5 rings (SSSR count). The normalized spacial score (nSPS) is 12.4. The Balaban J connectivity index is 1.58. The number of carbonyl (C=O) groups excluding carboxylic acids is 3. The largest absolute Gasteiger partial charge is 0.466 e. The van der Waals surface area contributed by atoms with E-state index in [0.29, 0.717) is 5.56 Å². The first-order chi connectivity index (χ1) is 22.2. The monoisotopic (exact) mass is 625 g/mol. The van der Waals surface area contributed by atoms with Crippen molar-refractivity contribution in [3.8, 4) is 11.1 Å². The fourth-order valence-electron chi connectivity index (χ4n) is 5.85. The summed E-state index contributed by atoms with van der Waals surface area (Å²) in [6, 6.07) is 23.1. The van der Waals surface area contributed by atoms with Crippen LogP contribution in [-0.4, -0.2) is 47.6 Å². The first kappa shape index (κ1) is 31.8. The molecule has 0 aliphatic heterocycles. The zero-order chi connectivity index (χ0) is 32.8.